The van der Waals surface area contributed by atoms with Crippen LogP contribution in [0.2, 0.25) is 0 Å². The van der Waals surface area contributed by atoms with Crippen molar-refractivity contribution in [2.24, 2.45) is 17.8 Å². The first-order valence-electron chi connectivity index (χ1n) is 11.1. The highest BCUT2D eigenvalue weighted by molar-refractivity contribution is 5.81. The van der Waals surface area contributed by atoms with Crippen molar-refractivity contribution in [1.82, 2.24) is 0 Å². The van der Waals surface area contributed by atoms with E-state index < -0.39 is 71.0 Å². The Kier molecular flexibility index (Phi) is 4.42. The molecule has 0 amide bonds. The smallest absolute Gasteiger partial charge is 0.454 e. The summed E-state index contributed by atoms with van der Waals surface area (Å²) in [4.78, 5) is 44.1. The minimum Gasteiger partial charge on any atom is -0.454 e. The van der Waals surface area contributed by atoms with Gasteiger partial charge in [0.2, 0.25) is 6.10 Å². The number of hydrogen-bond donors (Lipinski definition) is 0. The summed E-state index contributed by atoms with van der Waals surface area (Å²) in [7, 11) is 0. The summed E-state index contributed by atoms with van der Waals surface area (Å²) in [6.45, 7) is 1.16. The number of fused-ring (bicyclic) bond motifs is 3. The second kappa shape index (κ2) is 6.82. The molecule has 3 heterocycles. The first-order chi connectivity index (χ1) is 15.9. The summed E-state index contributed by atoms with van der Waals surface area (Å²) in [6.07, 6.45) is -2.73. The monoisotopic (exact) mass is 489 g/mol. The van der Waals surface area contributed by atoms with Gasteiger partial charge in [0.25, 0.3) is 0 Å². The Balaban J connectivity index is 1.21. The third kappa shape index (κ3) is 2.87. The first-order valence-corrected chi connectivity index (χ1v) is 11.1. The van der Waals surface area contributed by atoms with Crippen LogP contribution >= 0.6 is 0 Å². The zero-order valence-electron chi connectivity index (χ0n) is 17.8. The van der Waals surface area contributed by atoms with Gasteiger partial charge in [0, 0.05) is 18.8 Å². The fraction of sp³-hybridized carbons (Fsp3) is 0.850. The molecular weight excluding hydrogens is 468 g/mol. The molecule has 4 bridgehead atoms. The van der Waals surface area contributed by atoms with Gasteiger partial charge in [-0.25, -0.2) is 9.59 Å². The van der Waals surface area contributed by atoms with Gasteiger partial charge in [0.05, 0.1) is 0 Å². The minimum absolute atomic E-state index is 0.0547. The lowest BCUT2D eigenvalue weighted by molar-refractivity contribution is -0.626. The van der Waals surface area contributed by atoms with E-state index in [0.717, 1.165) is 6.92 Å². The molecule has 1 spiro atoms. The molecule has 0 aromatic heterocycles. The van der Waals surface area contributed by atoms with Gasteiger partial charge in [-0.15, -0.1) is 8.78 Å². The van der Waals surface area contributed by atoms with Crippen molar-refractivity contribution in [2.45, 2.75) is 87.2 Å². The lowest BCUT2D eigenvalue weighted by Gasteiger charge is -2.62. The van der Waals surface area contributed by atoms with Gasteiger partial charge < -0.3 is 28.4 Å². The Bertz CT molecular complexity index is 972. The van der Waals surface area contributed by atoms with E-state index in [2.05, 4.69) is 0 Å². The van der Waals surface area contributed by atoms with Crippen molar-refractivity contribution in [3.63, 3.8) is 0 Å². The second-order valence-corrected chi connectivity index (χ2v) is 10.0. The van der Waals surface area contributed by atoms with Gasteiger partial charge >= 0.3 is 24.0 Å². The molecule has 0 aromatic rings. The Morgan fingerprint density at radius 3 is 2.41 bits per heavy atom. The molecule has 7 aliphatic rings. The summed E-state index contributed by atoms with van der Waals surface area (Å²) in [5.41, 5.74) is -1.26. The van der Waals surface area contributed by atoms with Crippen molar-refractivity contribution in [3.8, 4) is 0 Å². The maximum atomic E-state index is 13.6. The van der Waals surface area contributed by atoms with Crippen LogP contribution in [0.3, 0.4) is 0 Å². The molecule has 12 nitrogen and oxygen atoms in total. The third-order valence-electron chi connectivity index (χ3n) is 7.96. The van der Waals surface area contributed by atoms with E-state index in [4.69, 9.17) is 28.4 Å². The number of rotatable bonds is 4. The van der Waals surface area contributed by atoms with Crippen LogP contribution in [0.25, 0.3) is 0 Å². The summed E-state index contributed by atoms with van der Waals surface area (Å²) >= 11 is 0. The maximum Gasteiger partial charge on any atom is 0.613 e. The van der Waals surface area contributed by atoms with E-state index in [1.165, 1.54) is 0 Å². The number of carbonyl (C=O) groups excluding carboxylic acids is 3. The van der Waals surface area contributed by atoms with Gasteiger partial charge in [-0.3, -0.25) is 14.9 Å². The molecule has 186 valence electrons. The Morgan fingerprint density at radius 2 is 1.79 bits per heavy atom. The highest BCUT2D eigenvalue weighted by Crippen LogP contribution is 2.65. The number of carbonyl (C=O) groups is 3. The van der Waals surface area contributed by atoms with Crippen LogP contribution in [-0.4, -0.2) is 71.0 Å². The average Bonchev–Trinajstić information content (AvgIpc) is 3.34. The third-order valence-corrected chi connectivity index (χ3v) is 7.96. The molecule has 7 unspecified atom stereocenters. The predicted molar refractivity (Wildman–Crippen MR) is 97.1 cm³/mol. The number of nitro groups is 1. The standard InChI is InChI=1S/C20H21F2NO11/c1-7(24)29-13-11-12(30-15(13)25)14-16(31-11)33-19(32-14)9-2-8-3-10(19)6-18(4-8,5-9)34-17(26)20(21,22)23(27)28/h8-14,16H,2-6H2,1H3. The van der Waals surface area contributed by atoms with Crippen LogP contribution in [0.4, 0.5) is 8.78 Å². The van der Waals surface area contributed by atoms with Gasteiger partial charge in [-0.2, -0.15) is 0 Å². The van der Waals surface area contributed by atoms with Crippen LogP contribution in [0.1, 0.15) is 39.0 Å². The fourth-order valence-corrected chi connectivity index (χ4v) is 7.00. The first kappa shape index (κ1) is 22.0. The number of alkyl halides is 2. The van der Waals surface area contributed by atoms with Crippen LogP contribution in [0.5, 0.6) is 0 Å². The van der Waals surface area contributed by atoms with E-state index in [0.29, 0.717) is 19.3 Å². The molecule has 0 N–H and O–H groups in total. The molecule has 7 rings (SSSR count). The van der Waals surface area contributed by atoms with Gasteiger partial charge in [-0.05, 0) is 38.0 Å². The van der Waals surface area contributed by atoms with Gasteiger partial charge in [0.1, 0.15) is 16.6 Å². The van der Waals surface area contributed by atoms with Crippen LogP contribution in [0.15, 0.2) is 0 Å². The van der Waals surface area contributed by atoms with Gasteiger partial charge in [-0.1, -0.05) is 0 Å². The van der Waals surface area contributed by atoms with E-state index >= 15 is 0 Å². The van der Waals surface area contributed by atoms with Crippen molar-refractivity contribution < 1.29 is 56.5 Å². The van der Waals surface area contributed by atoms with Crippen LogP contribution in [-0.2, 0) is 42.8 Å². The highest BCUT2D eigenvalue weighted by Gasteiger charge is 2.74. The number of halogens is 2. The Morgan fingerprint density at radius 1 is 1.12 bits per heavy atom. The zero-order valence-corrected chi connectivity index (χ0v) is 17.8. The molecule has 0 aromatic carbocycles. The van der Waals surface area contributed by atoms with E-state index in [-0.39, 0.29) is 30.6 Å². The molecule has 7 fully saturated rings. The SMILES string of the molecule is CC(=O)OC1C(=O)OC2C3OC4(OC3OC12)C1CC2CC4CC(OC(=O)C(F)(F)[N+](=O)[O-])(C2)C1. The molecule has 7 atom stereocenters. The summed E-state index contributed by atoms with van der Waals surface area (Å²) in [5, 5.41) is 10.6. The molecular formula is C20H21F2NO11. The predicted octanol–water partition coefficient (Wildman–Crippen LogP) is 0.671. The molecule has 0 radical (unpaired) electrons. The quantitative estimate of drug-likeness (QED) is 0.180. The van der Waals surface area contributed by atoms with Crippen molar-refractivity contribution >= 4 is 17.9 Å². The van der Waals surface area contributed by atoms with Crippen molar-refractivity contribution in [1.29, 1.82) is 0 Å². The summed E-state index contributed by atoms with van der Waals surface area (Å²) < 4.78 is 61.2. The molecule has 3 aliphatic heterocycles. The van der Waals surface area contributed by atoms with Crippen LogP contribution < -0.4 is 0 Å². The van der Waals surface area contributed by atoms with E-state index in [1.54, 1.807) is 0 Å². The Labute approximate surface area is 190 Å². The number of ether oxygens (including phenoxy) is 6. The number of nitrogens with zero attached hydrogens (tertiary/aromatic N) is 1. The number of hydrogen-bond acceptors (Lipinski definition) is 11. The number of esters is 3. The van der Waals surface area contributed by atoms with E-state index in [9.17, 15) is 33.3 Å². The van der Waals surface area contributed by atoms with E-state index in [1.807, 2.05) is 0 Å². The second-order valence-electron chi connectivity index (χ2n) is 10.0. The molecule has 4 aliphatic carbocycles. The molecule has 3 saturated heterocycles. The van der Waals surface area contributed by atoms with Gasteiger partial charge in [0.15, 0.2) is 24.3 Å². The largest absolute Gasteiger partial charge is 0.613 e. The van der Waals surface area contributed by atoms with Crippen molar-refractivity contribution in [3.05, 3.63) is 10.1 Å². The topological polar surface area (TPSA) is 150 Å². The lowest BCUT2D eigenvalue weighted by atomic mass is 9.51. The maximum absolute atomic E-state index is 13.6. The Hall–Kier alpha value is -2.45. The zero-order chi connectivity index (χ0) is 24.2. The minimum atomic E-state index is -4.83. The van der Waals surface area contributed by atoms with Crippen LogP contribution in [0, 0.1) is 27.9 Å². The summed E-state index contributed by atoms with van der Waals surface area (Å²) in [6, 6.07) is -4.83. The summed E-state index contributed by atoms with van der Waals surface area (Å²) in [5.74, 6) is -5.35. The average molecular weight is 489 g/mol. The normalized spacial score (nSPS) is 47.9. The lowest BCUT2D eigenvalue weighted by Crippen LogP contribution is -2.66. The molecule has 14 heteroatoms. The molecule has 34 heavy (non-hydrogen) atoms. The fourth-order valence-electron chi connectivity index (χ4n) is 7.00. The van der Waals surface area contributed by atoms with Crippen molar-refractivity contribution in [2.75, 3.05) is 0 Å². The highest BCUT2D eigenvalue weighted by atomic mass is 19.3. The molecule has 4 saturated carbocycles.